The molecular weight excluding hydrogens is 433 g/mol. The molecule has 142 valence electrons. The van der Waals surface area contributed by atoms with Crippen molar-refractivity contribution < 1.29 is 17.9 Å². The van der Waals surface area contributed by atoms with E-state index < -0.39 is 15.0 Å². The second-order valence-corrected chi connectivity index (χ2v) is 9.00. The molecule has 0 atom stereocenters. The van der Waals surface area contributed by atoms with E-state index >= 15 is 0 Å². The molecule has 0 amide bonds. The van der Waals surface area contributed by atoms with Gasteiger partial charge >= 0.3 is 5.97 Å². The number of carbonyl (C=O) groups is 1. The number of aromatic nitrogens is 1. The normalized spacial score (nSPS) is 11.7. The summed E-state index contributed by atoms with van der Waals surface area (Å²) in [5, 5.41) is 1.09. The lowest BCUT2D eigenvalue weighted by atomic mass is 10.2. The predicted molar refractivity (Wildman–Crippen MR) is 106 cm³/mol. The van der Waals surface area contributed by atoms with Gasteiger partial charge in [-0.15, -0.1) is 0 Å². The van der Waals surface area contributed by atoms with Gasteiger partial charge < -0.3 is 9.30 Å². The molecule has 0 aliphatic heterocycles. The Balaban J connectivity index is 2.31. The van der Waals surface area contributed by atoms with Crippen LogP contribution in [-0.2, 0) is 20.3 Å². The van der Waals surface area contributed by atoms with E-state index in [0.717, 1.165) is 5.56 Å². The maximum Gasteiger partial charge on any atom is 0.356 e. The first-order valence-corrected chi connectivity index (χ1v) is 11.0. The van der Waals surface area contributed by atoms with Crippen LogP contribution in [0.15, 0.2) is 47.4 Å². The highest BCUT2D eigenvalue weighted by Crippen LogP contribution is 2.34. The molecule has 1 heterocycles. The minimum atomic E-state index is -4.21. The van der Waals surface area contributed by atoms with Gasteiger partial charge in [0.1, 0.15) is 10.6 Å². The van der Waals surface area contributed by atoms with Gasteiger partial charge in [-0.25, -0.2) is 13.2 Å². The Hall–Kier alpha value is -1.73. The molecule has 3 aromatic rings. The summed E-state index contributed by atoms with van der Waals surface area (Å²) in [4.78, 5) is 12.3. The smallest absolute Gasteiger partial charge is 0.356 e. The molecule has 0 saturated carbocycles. The quantitative estimate of drug-likeness (QED) is 0.404. The van der Waals surface area contributed by atoms with Crippen LogP contribution in [0, 0.1) is 0 Å². The fourth-order valence-electron chi connectivity index (χ4n) is 2.91. The van der Waals surface area contributed by atoms with Crippen molar-refractivity contribution >= 4 is 59.8 Å². The van der Waals surface area contributed by atoms with E-state index in [1.165, 1.54) is 0 Å². The molecule has 0 aliphatic carbocycles. The standard InChI is InChI=1S/C18H14Cl3NO4S/c1-2-26-18(23)16-17(27(21,24)25)12-5-3-4-6-15(12)22(16)10-11-7-8-13(19)14(20)9-11/h3-9H,2,10H2,1H3. The van der Waals surface area contributed by atoms with Crippen LogP contribution in [0.25, 0.3) is 10.9 Å². The first-order valence-electron chi connectivity index (χ1n) is 7.91. The first kappa shape index (κ1) is 20.0. The summed E-state index contributed by atoms with van der Waals surface area (Å²) in [5.41, 5.74) is 1.14. The Bertz CT molecular complexity index is 1140. The second-order valence-electron chi connectivity index (χ2n) is 5.69. The highest BCUT2D eigenvalue weighted by atomic mass is 35.7. The van der Waals surface area contributed by atoms with E-state index in [2.05, 4.69) is 0 Å². The molecular formula is C18H14Cl3NO4S. The van der Waals surface area contributed by atoms with Gasteiger partial charge in [0.15, 0.2) is 0 Å². The maximum atomic E-state index is 12.6. The molecule has 0 aliphatic rings. The van der Waals surface area contributed by atoms with Gasteiger partial charge in [-0.05, 0) is 30.7 Å². The van der Waals surface area contributed by atoms with Crippen molar-refractivity contribution in [1.82, 2.24) is 4.57 Å². The van der Waals surface area contributed by atoms with Gasteiger partial charge in [-0.2, -0.15) is 0 Å². The van der Waals surface area contributed by atoms with Crippen LogP contribution in [0.2, 0.25) is 10.0 Å². The summed E-state index contributed by atoms with van der Waals surface area (Å²) in [5.74, 6) is -0.770. The number of halogens is 3. The number of hydrogen-bond acceptors (Lipinski definition) is 4. The average Bonchev–Trinajstić information content (AvgIpc) is 2.93. The van der Waals surface area contributed by atoms with Crippen molar-refractivity contribution in [1.29, 1.82) is 0 Å². The number of nitrogens with zero attached hydrogens (tertiary/aromatic N) is 1. The van der Waals surface area contributed by atoms with Gasteiger partial charge in [-0.3, -0.25) is 0 Å². The molecule has 3 rings (SSSR count). The number of carbonyl (C=O) groups excluding carboxylic acids is 1. The molecule has 2 aromatic carbocycles. The van der Waals surface area contributed by atoms with Gasteiger partial charge in [0.2, 0.25) is 0 Å². The van der Waals surface area contributed by atoms with E-state index in [0.29, 0.717) is 20.9 Å². The lowest BCUT2D eigenvalue weighted by Crippen LogP contribution is -2.15. The number of ether oxygens (including phenoxy) is 1. The van der Waals surface area contributed by atoms with E-state index in [9.17, 15) is 13.2 Å². The van der Waals surface area contributed by atoms with Crippen molar-refractivity contribution in [2.24, 2.45) is 0 Å². The Kier molecular flexibility index (Phi) is 5.72. The first-order chi connectivity index (χ1) is 12.7. The van der Waals surface area contributed by atoms with Crippen LogP contribution < -0.4 is 0 Å². The van der Waals surface area contributed by atoms with E-state index in [4.69, 9.17) is 38.6 Å². The fourth-order valence-corrected chi connectivity index (χ4v) is 4.55. The minimum absolute atomic E-state index is 0.0922. The molecule has 0 fully saturated rings. The molecule has 0 bridgehead atoms. The summed E-state index contributed by atoms with van der Waals surface area (Å²) < 4.78 is 31.1. The van der Waals surface area contributed by atoms with E-state index in [1.807, 2.05) is 0 Å². The second kappa shape index (κ2) is 7.72. The highest BCUT2D eigenvalue weighted by Gasteiger charge is 2.31. The minimum Gasteiger partial charge on any atom is -0.461 e. The Morgan fingerprint density at radius 3 is 2.44 bits per heavy atom. The van der Waals surface area contributed by atoms with Crippen LogP contribution in [0.4, 0.5) is 0 Å². The van der Waals surface area contributed by atoms with Crippen LogP contribution in [-0.4, -0.2) is 25.6 Å². The van der Waals surface area contributed by atoms with Crippen LogP contribution in [0.3, 0.4) is 0 Å². The van der Waals surface area contributed by atoms with Crippen molar-refractivity contribution in [3.63, 3.8) is 0 Å². The summed E-state index contributed by atoms with van der Waals surface area (Å²) in [6.07, 6.45) is 0. The Labute approximate surface area is 170 Å². The highest BCUT2D eigenvalue weighted by molar-refractivity contribution is 8.14. The summed E-state index contributed by atoms with van der Waals surface area (Å²) in [6.45, 7) is 1.91. The van der Waals surface area contributed by atoms with Gasteiger partial charge in [0.25, 0.3) is 9.05 Å². The molecule has 1 aromatic heterocycles. The number of para-hydroxylation sites is 1. The molecule has 0 radical (unpaired) electrons. The third-order valence-electron chi connectivity index (χ3n) is 3.96. The average molecular weight is 447 g/mol. The van der Waals surface area contributed by atoms with Crippen LogP contribution >= 0.6 is 33.9 Å². The zero-order chi connectivity index (χ0) is 19.8. The number of hydrogen-bond donors (Lipinski definition) is 0. The van der Waals surface area contributed by atoms with Crippen molar-refractivity contribution in [2.75, 3.05) is 6.61 Å². The molecule has 5 nitrogen and oxygen atoms in total. The molecule has 0 N–H and O–H groups in total. The molecule has 27 heavy (non-hydrogen) atoms. The van der Waals surface area contributed by atoms with Crippen molar-refractivity contribution in [3.8, 4) is 0 Å². The van der Waals surface area contributed by atoms with Crippen molar-refractivity contribution in [2.45, 2.75) is 18.4 Å². The largest absolute Gasteiger partial charge is 0.461 e. The molecule has 0 spiro atoms. The van der Waals surface area contributed by atoms with Crippen LogP contribution in [0.5, 0.6) is 0 Å². The van der Waals surface area contributed by atoms with Crippen molar-refractivity contribution in [3.05, 3.63) is 63.8 Å². The monoisotopic (exact) mass is 445 g/mol. The number of benzene rings is 2. The third-order valence-corrected chi connectivity index (χ3v) is 6.06. The number of rotatable bonds is 5. The molecule has 0 saturated heterocycles. The number of esters is 1. The van der Waals surface area contributed by atoms with Gasteiger partial charge in [0, 0.05) is 22.6 Å². The Morgan fingerprint density at radius 1 is 1.11 bits per heavy atom. The summed E-state index contributed by atoms with van der Waals surface area (Å²) >= 11 is 12.0. The number of fused-ring (bicyclic) bond motifs is 1. The van der Waals surface area contributed by atoms with Gasteiger partial charge in [0.05, 0.1) is 22.2 Å². The summed E-state index contributed by atoms with van der Waals surface area (Å²) in [7, 11) is 1.46. The topological polar surface area (TPSA) is 65.4 Å². The molecule has 0 unspecified atom stereocenters. The zero-order valence-corrected chi connectivity index (χ0v) is 17.2. The zero-order valence-electron chi connectivity index (χ0n) is 14.1. The lowest BCUT2D eigenvalue weighted by molar-refractivity contribution is 0.0510. The lowest BCUT2D eigenvalue weighted by Gasteiger charge is -2.11. The Morgan fingerprint density at radius 2 is 1.81 bits per heavy atom. The maximum absolute atomic E-state index is 12.6. The fraction of sp³-hybridized carbons (Fsp3) is 0.167. The van der Waals surface area contributed by atoms with Crippen LogP contribution in [0.1, 0.15) is 23.0 Å². The SMILES string of the molecule is CCOC(=O)c1c(S(=O)(=O)Cl)c2ccccc2n1Cc1ccc(Cl)c(Cl)c1. The third kappa shape index (κ3) is 3.94. The van der Waals surface area contributed by atoms with Gasteiger partial charge in [-0.1, -0.05) is 47.5 Å². The van der Waals surface area contributed by atoms with E-state index in [-0.39, 0.29) is 23.7 Å². The van der Waals surface area contributed by atoms with E-state index in [1.54, 1.807) is 54.0 Å². The molecule has 9 heteroatoms. The predicted octanol–water partition coefficient (Wildman–Crippen LogP) is 5.10. The summed E-state index contributed by atoms with van der Waals surface area (Å²) in [6, 6.07) is 11.8.